The number of hydrogen-bond acceptors (Lipinski definition) is 3. The fourth-order valence-electron chi connectivity index (χ4n) is 3.71. The number of hydrogen-bond donors (Lipinski definition) is 2. The van der Waals surface area contributed by atoms with Gasteiger partial charge in [-0.3, -0.25) is 9.59 Å². The number of amides is 1. The van der Waals surface area contributed by atoms with Gasteiger partial charge in [-0.25, -0.2) is 0 Å². The Morgan fingerprint density at radius 1 is 1.23 bits per heavy atom. The number of halogens is 2. The lowest BCUT2D eigenvalue weighted by atomic mass is 9.95. The minimum atomic E-state index is -3.39. The molecule has 0 spiro atoms. The largest absolute Gasteiger partial charge is 0.481 e. The number of unbranched alkanes of at least 4 members (excludes halogenated alkanes) is 3. The molecule has 1 fully saturated rings. The van der Waals surface area contributed by atoms with Crippen molar-refractivity contribution in [2.75, 3.05) is 6.54 Å². The summed E-state index contributed by atoms with van der Waals surface area (Å²) in [5.41, 5.74) is 1.09. The molecule has 166 valence electrons. The molecule has 30 heavy (non-hydrogen) atoms. The fraction of sp³-hybridized carbons (Fsp3) is 0.565. The summed E-state index contributed by atoms with van der Waals surface area (Å²) in [6.07, 6.45) is 4.84. The lowest BCUT2D eigenvalue weighted by Gasteiger charge is -2.22. The number of carboxylic acid groups (broad SMARTS) is 1. The van der Waals surface area contributed by atoms with Gasteiger partial charge in [0.2, 0.25) is 0 Å². The summed E-state index contributed by atoms with van der Waals surface area (Å²) in [6, 6.07) is 8.97. The van der Waals surface area contributed by atoms with Gasteiger partial charge < -0.3 is 15.1 Å². The number of likely N-dealkylation sites (tertiary alicyclic amines) is 1. The first-order valence-corrected chi connectivity index (χ1v) is 10.5. The van der Waals surface area contributed by atoms with E-state index in [-0.39, 0.29) is 18.9 Å². The predicted molar refractivity (Wildman–Crippen MR) is 110 cm³/mol. The summed E-state index contributed by atoms with van der Waals surface area (Å²) in [5, 5.41) is 19.0. The molecule has 7 heteroatoms. The Bertz CT molecular complexity index is 723. The minimum Gasteiger partial charge on any atom is -0.481 e. The van der Waals surface area contributed by atoms with Crippen LogP contribution in [-0.2, 0) is 16.0 Å². The number of aliphatic hydroxyl groups excluding tert-OH is 1. The molecule has 0 aliphatic carbocycles. The number of carbonyl (C=O) groups excluding carboxylic acids is 1. The number of aliphatic carboxylic acids is 1. The van der Waals surface area contributed by atoms with Crippen LogP contribution in [0.3, 0.4) is 0 Å². The van der Waals surface area contributed by atoms with Crippen molar-refractivity contribution in [1.82, 2.24) is 4.90 Å². The maximum atomic E-state index is 14.0. The Hall–Kier alpha value is -2.28. The van der Waals surface area contributed by atoms with Crippen LogP contribution in [-0.4, -0.2) is 51.6 Å². The summed E-state index contributed by atoms with van der Waals surface area (Å²) in [5.74, 6) is -5.51. The van der Waals surface area contributed by atoms with E-state index in [1.807, 2.05) is 37.3 Å². The molecule has 1 unspecified atom stereocenters. The first-order valence-electron chi connectivity index (χ1n) is 10.5. The lowest BCUT2D eigenvalue weighted by molar-refractivity contribution is -0.148. The fourth-order valence-corrected chi connectivity index (χ4v) is 3.71. The molecule has 0 radical (unpaired) electrons. The topological polar surface area (TPSA) is 77.8 Å². The van der Waals surface area contributed by atoms with Gasteiger partial charge in [0.05, 0.1) is 12.1 Å². The maximum Gasteiger partial charge on any atom is 0.327 e. The van der Waals surface area contributed by atoms with Gasteiger partial charge >= 0.3 is 11.9 Å². The van der Waals surface area contributed by atoms with Crippen LogP contribution in [0.2, 0.25) is 0 Å². The summed E-state index contributed by atoms with van der Waals surface area (Å²) >= 11 is 0. The highest BCUT2D eigenvalue weighted by atomic mass is 19.3. The van der Waals surface area contributed by atoms with Crippen molar-refractivity contribution in [2.45, 2.75) is 69.9 Å². The van der Waals surface area contributed by atoms with Gasteiger partial charge in [0, 0.05) is 19.4 Å². The van der Waals surface area contributed by atoms with Crippen molar-refractivity contribution in [3.63, 3.8) is 0 Å². The number of rotatable bonds is 12. The average molecular weight is 424 g/mol. The second-order valence-electron chi connectivity index (χ2n) is 8.07. The molecule has 3 atom stereocenters. The smallest absolute Gasteiger partial charge is 0.327 e. The van der Waals surface area contributed by atoms with Crippen LogP contribution in [0.1, 0.15) is 51.0 Å². The number of nitrogens with zero attached hydrogens (tertiary/aromatic N) is 1. The molecule has 1 aromatic carbocycles. The van der Waals surface area contributed by atoms with E-state index in [1.165, 1.54) is 17.1 Å². The molecule has 5 nitrogen and oxygen atoms in total. The molecule has 1 aliphatic rings. The van der Waals surface area contributed by atoms with Gasteiger partial charge in [-0.15, -0.1) is 0 Å². The van der Waals surface area contributed by atoms with Gasteiger partial charge in [-0.2, -0.15) is 8.78 Å². The summed E-state index contributed by atoms with van der Waals surface area (Å²) < 4.78 is 27.9. The van der Waals surface area contributed by atoms with E-state index in [0.717, 1.165) is 5.56 Å². The molecule has 0 saturated carbocycles. The normalized spacial score (nSPS) is 20.6. The third-order valence-electron chi connectivity index (χ3n) is 5.49. The van der Waals surface area contributed by atoms with Crippen LogP contribution in [0.25, 0.3) is 0 Å². The number of carboxylic acids is 1. The van der Waals surface area contributed by atoms with Crippen molar-refractivity contribution in [1.29, 1.82) is 0 Å². The predicted octanol–water partition coefficient (Wildman–Crippen LogP) is 4.05. The SMILES string of the molecule is C[C@@H](Cc1ccccc1)[C@H](O)C=CC1CC(F)(F)C(=O)N1CCCCCCC(=O)O. The molecule has 1 aliphatic heterocycles. The third-order valence-corrected chi connectivity index (χ3v) is 5.49. The van der Waals surface area contributed by atoms with E-state index in [9.17, 15) is 23.5 Å². The Kier molecular flexibility index (Phi) is 8.96. The zero-order valence-corrected chi connectivity index (χ0v) is 17.3. The Balaban J connectivity index is 1.88. The highest BCUT2D eigenvalue weighted by Crippen LogP contribution is 2.34. The second kappa shape index (κ2) is 11.2. The quantitative estimate of drug-likeness (QED) is 0.393. The van der Waals surface area contributed by atoms with E-state index in [0.29, 0.717) is 32.1 Å². The molecule has 1 saturated heterocycles. The number of aliphatic hydroxyl groups is 1. The molecule has 1 heterocycles. The Morgan fingerprint density at radius 2 is 1.90 bits per heavy atom. The highest BCUT2D eigenvalue weighted by Gasteiger charge is 2.52. The Labute approximate surface area is 176 Å². The van der Waals surface area contributed by atoms with Crippen molar-refractivity contribution in [2.24, 2.45) is 5.92 Å². The van der Waals surface area contributed by atoms with Crippen LogP contribution in [0.15, 0.2) is 42.5 Å². The lowest BCUT2D eigenvalue weighted by Crippen LogP contribution is -2.36. The van der Waals surface area contributed by atoms with Gasteiger partial charge in [-0.05, 0) is 30.7 Å². The van der Waals surface area contributed by atoms with Crippen LogP contribution in [0.5, 0.6) is 0 Å². The van der Waals surface area contributed by atoms with E-state index in [4.69, 9.17) is 5.11 Å². The summed E-state index contributed by atoms with van der Waals surface area (Å²) in [4.78, 5) is 23.8. The zero-order chi connectivity index (χ0) is 22.1. The summed E-state index contributed by atoms with van der Waals surface area (Å²) in [6.45, 7) is 2.09. The van der Waals surface area contributed by atoms with Crippen molar-refractivity contribution >= 4 is 11.9 Å². The van der Waals surface area contributed by atoms with Crippen molar-refractivity contribution in [3.05, 3.63) is 48.0 Å². The molecular formula is C23H31F2NO4. The van der Waals surface area contributed by atoms with Crippen LogP contribution < -0.4 is 0 Å². The minimum absolute atomic E-state index is 0.0884. The van der Waals surface area contributed by atoms with Gasteiger partial charge in [0.15, 0.2) is 0 Å². The maximum absolute atomic E-state index is 14.0. The van der Waals surface area contributed by atoms with E-state index in [2.05, 4.69) is 0 Å². The molecule has 2 N–H and O–H groups in total. The van der Waals surface area contributed by atoms with Crippen molar-refractivity contribution in [3.8, 4) is 0 Å². The van der Waals surface area contributed by atoms with Gasteiger partial charge in [0.1, 0.15) is 0 Å². The second-order valence-corrected chi connectivity index (χ2v) is 8.07. The van der Waals surface area contributed by atoms with Crippen molar-refractivity contribution < 1.29 is 28.6 Å². The highest BCUT2D eigenvalue weighted by molar-refractivity contribution is 5.86. The number of carbonyl (C=O) groups is 2. The Morgan fingerprint density at radius 3 is 2.57 bits per heavy atom. The molecule has 1 aromatic rings. The van der Waals surface area contributed by atoms with E-state index >= 15 is 0 Å². The first kappa shape index (κ1) is 24.0. The molecular weight excluding hydrogens is 392 g/mol. The molecule has 0 aromatic heterocycles. The number of alkyl halides is 2. The molecule has 2 rings (SSSR count). The number of benzene rings is 1. The molecule has 1 amide bonds. The van der Waals surface area contributed by atoms with Crippen LogP contribution in [0, 0.1) is 5.92 Å². The monoisotopic (exact) mass is 423 g/mol. The van der Waals surface area contributed by atoms with E-state index < -0.39 is 36.4 Å². The molecule has 0 bridgehead atoms. The third kappa shape index (κ3) is 7.20. The van der Waals surface area contributed by atoms with Gasteiger partial charge in [0.25, 0.3) is 5.91 Å². The van der Waals surface area contributed by atoms with E-state index in [1.54, 1.807) is 0 Å². The zero-order valence-electron chi connectivity index (χ0n) is 17.3. The summed E-state index contributed by atoms with van der Waals surface area (Å²) in [7, 11) is 0. The van der Waals surface area contributed by atoms with Crippen LogP contribution >= 0.6 is 0 Å². The average Bonchev–Trinajstić information content (AvgIpc) is 2.92. The first-order chi connectivity index (χ1) is 14.2. The standard InChI is InChI=1S/C23H31F2NO4/c1-17(15-18-9-5-4-6-10-18)20(27)13-12-19-16-23(24,25)22(30)26(19)14-8-3-2-7-11-21(28)29/h4-6,9-10,12-13,17,19-20,27H,2-3,7-8,11,14-16H2,1H3,(H,28,29)/t17-,19?,20+/m0/s1. The van der Waals surface area contributed by atoms with Crippen LogP contribution in [0.4, 0.5) is 8.78 Å². The van der Waals surface area contributed by atoms with Gasteiger partial charge in [-0.1, -0.05) is 62.2 Å².